The van der Waals surface area contributed by atoms with E-state index in [1.165, 1.54) is 5.56 Å². The second-order valence-electron chi connectivity index (χ2n) is 5.35. The van der Waals surface area contributed by atoms with E-state index < -0.39 is 0 Å². The molecule has 0 aliphatic rings. The number of hydrogen-bond acceptors (Lipinski definition) is 3. The predicted molar refractivity (Wildman–Crippen MR) is 102 cm³/mol. The minimum absolute atomic E-state index is 0.720. The molecule has 1 N–H and O–H groups in total. The molecule has 0 aromatic heterocycles. The first kappa shape index (κ1) is 18.1. The van der Waals surface area contributed by atoms with Crippen LogP contribution in [0.25, 0.3) is 0 Å². The normalized spacial score (nSPS) is 10.1. The molecule has 0 saturated heterocycles. The summed E-state index contributed by atoms with van der Waals surface area (Å²) in [4.78, 5) is 2.12. The van der Waals surface area contributed by atoms with E-state index >= 15 is 0 Å². The number of rotatable bonds is 7. The Kier molecular flexibility index (Phi) is 6.88. The third-order valence-electron chi connectivity index (χ3n) is 3.78. The lowest BCUT2D eigenvalue weighted by Crippen LogP contribution is -2.38. The number of hydrogen-bond donors (Lipinski definition) is 1. The fourth-order valence-electron chi connectivity index (χ4n) is 2.41. The lowest BCUT2D eigenvalue weighted by atomic mass is 10.2. The van der Waals surface area contributed by atoms with Crippen molar-refractivity contribution in [1.29, 1.82) is 0 Å². The molecule has 0 fully saturated rings. The van der Waals surface area contributed by atoms with Gasteiger partial charge in [0.25, 0.3) is 0 Å². The average molecular weight is 344 g/mol. The standard InChI is InChI=1S/C19H24N2O2S/c1-4-21(19(24)20-13-15-8-6-5-7-9-15)14-16-10-11-17(22-2)18(12-16)23-3/h5-12H,4,13-14H2,1-3H3,(H,20,24). The minimum atomic E-state index is 0.720. The molecule has 2 rings (SSSR count). The second-order valence-corrected chi connectivity index (χ2v) is 5.73. The molecule has 0 saturated carbocycles. The molecule has 0 aliphatic heterocycles. The van der Waals surface area contributed by atoms with E-state index in [0.717, 1.165) is 41.8 Å². The molecular formula is C19H24N2O2S. The molecule has 4 nitrogen and oxygen atoms in total. The monoisotopic (exact) mass is 344 g/mol. The topological polar surface area (TPSA) is 33.7 Å². The zero-order valence-electron chi connectivity index (χ0n) is 14.4. The molecule has 0 atom stereocenters. The first-order valence-electron chi connectivity index (χ1n) is 7.95. The van der Waals surface area contributed by atoms with Crippen molar-refractivity contribution in [1.82, 2.24) is 10.2 Å². The van der Waals surface area contributed by atoms with Gasteiger partial charge in [-0.15, -0.1) is 0 Å². The third kappa shape index (κ3) is 4.86. The number of nitrogens with one attached hydrogen (secondary N) is 1. The molecule has 0 heterocycles. The maximum Gasteiger partial charge on any atom is 0.169 e. The van der Waals surface area contributed by atoms with Crippen LogP contribution in [0.5, 0.6) is 11.5 Å². The summed E-state index contributed by atoms with van der Waals surface area (Å²) in [6.07, 6.45) is 0. The molecule has 24 heavy (non-hydrogen) atoms. The Morgan fingerprint density at radius 1 is 1.00 bits per heavy atom. The van der Waals surface area contributed by atoms with Crippen LogP contribution in [-0.2, 0) is 13.1 Å². The number of nitrogens with zero attached hydrogens (tertiary/aromatic N) is 1. The van der Waals surface area contributed by atoms with Crippen molar-refractivity contribution in [2.24, 2.45) is 0 Å². The molecule has 0 spiro atoms. The molecule has 0 aliphatic carbocycles. The SMILES string of the molecule is CCN(Cc1ccc(OC)c(OC)c1)C(=S)NCc1ccccc1. The lowest BCUT2D eigenvalue weighted by molar-refractivity contribution is 0.353. The number of methoxy groups -OCH3 is 2. The molecule has 0 amide bonds. The van der Waals surface area contributed by atoms with Crippen LogP contribution in [0, 0.1) is 0 Å². The molecule has 0 bridgehead atoms. The smallest absolute Gasteiger partial charge is 0.169 e. The van der Waals surface area contributed by atoms with E-state index in [1.807, 2.05) is 36.4 Å². The van der Waals surface area contributed by atoms with E-state index in [-0.39, 0.29) is 0 Å². The van der Waals surface area contributed by atoms with Crippen LogP contribution in [0.15, 0.2) is 48.5 Å². The van der Waals surface area contributed by atoms with Gasteiger partial charge in [0.15, 0.2) is 16.6 Å². The zero-order chi connectivity index (χ0) is 17.4. The number of ether oxygens (including phenoxy) is 2. The van der Waals surface area contributed by atoms with Gasteiger partial charge in [0.1, 0.15) is 0 Å². The summed E-state index contributed by atoms with van der Waals surface area (Å²) in [5, 5.41) is 4.07. The molecule has 0 radical (unpaired) electrons. The Labute approximate surface area is 149 Å². The summed E-state index contributed by atoms with van der Waals surface area (Å²) in [7, 11) is 3.28. The number of thiocarbonyl (C=S) groups is 1. The van der Waals surface area contributed by atoms with Crippen LogP contribution in [0.2, 0.25) is 0 Å². The zero-order valence-corrected chi connectivity index (χ0v) is 15.2. The number of benzene rings is 2. The van der Waals surface area contributed by atoms with Crippen molar-refractivity contribution < 1.29 is 9.47 Å². The van der Waals surface area contributed by atoms with Gasteiger partial charge >= 0.3 is 0 Å². The molecule has 0 unspecified atom stereocenters. The average Bonchev–Trinajstić information content (AvgIpc) is 2.64. The Bertz CT molecular complexity index is 662. The lowest BCUT2D eigenvalue weighted by Gasteiger charge is -2.25. The minimum Gasteiger partial charge on any atom is -0.493 e. The molecule has 2 aromatic rings. The summed E-state index contributed by atoms with van der Waals surface area (Å²) < 4.78 is 10.6. The van der Waals surface area contributed by atoms with Crippen molar-refractivity contribution in [3.8, 4) is 11.5 Å². The highest BCUT2D eigenvalue weighted by molar-refractivity contribution is 7.80. The van der Waals surface area contributed by atoms with Crippen LogP contribution in [0.3, 0.4) is 0 Å². The highest BCUT2D eigenvalue weighted by atomic mass is 32.1. The summed E-state index contributed by atoms with van der Waals surface area (Å²) in [5.74, 6) is 1.46. The van der Waals surface area contributed by atoms with Gasteiger partial charge in [-0.1, -0.05) is 36.4 Å². The maximum absolute atomic E-state index is 5.54. The fourth-order valence-corrected chi connectivity index (χ4v) is 2.68. The van der Waals surface area contributed by atoms with E-state index in [2.05, 4.69) is 29.3 Å². The van der Waals surface area contributed by atoms with E-state index in [0.29, 0.717) is 0 Å². The van der Waals surface area contributed by atoms with E-state index in [1.54, 1.807) is 14.2 Å². The van der Waals surface area contributed by atoms with Crippen LogP contribution < -0.4 is 14.8 Å². The highest BCUT2D eigenvalue weighted by Crippen LogP contribution is 2.28. The van der Waals surface area contributed by atoms with E-state index in [9.17, 15) is 0 Å². The first-order valence-corrected chi connectivity index (χ1v) is 8.36. The van der Waals surface area contributed by atoms with Crippen molar-refractivity contribution in [3.63, 3.8) is 0 Å². The van der Waals surface area contributed by atoms with Gasteiger partial charge in [-0.2, -0.15) is 0 Å². The van der Waals surface area contributed by atoms with Crippen molar-refractivity contribution in [2.45, 2.75) is 20.0 Å². The summed E-state index contributed by atoms with van der Waals surface area (Å²) >= 11 is 5.54. The van der Waals surface area contributed by atoms with Crippen LogP contribution in [0.4, 0.5) is 0 Å². The fraction of sp³-hybridized carbons (Fsp3) is 0.316. The summed E-state index contributed by atoms with van der Waals surface area (Å²) in [5.41, 5.74) is 2.33. The van der Waals surface area contributed by atoms with Gasteiger partial charge in [0.05, 0.1) is 14.2 Å². The Morgan fingerprint density at radius 2 is 1.71 bits per heavy atom. The maximum atomic E-state index is 5.54. The van der Waals surface area contributed by atoms with Crippen LogP contribution in [-0.4, -0.2) is 30.8 Å². The van der Waals surface area contributed by atoms with Crippen molar-refractivity contribution >= 4 is 17.3 Å². The molecule has 128 valence electrons. The van der Waals surface area contributed by atoms with Crippen molar-refractivity contribution in [3.05, 3.63) is 59.7 Å². The summed E-state index contributed by atoms with van der Waals surface area (Å²) in [6, 6.07) is 16.2. The second kappa shape index (κ2) is 9.13. The molecule has 5 heteroatoms. The van der Waals surface area contributed by atoms with Crippen molar-refractivity contribution in [2.75, 3.05) is 20.8 Å². The van der Waals surface area contributed by atoms with Crippen LogP contribution in [0.1, 0.15) is 18.1 Å². The van der Waals surface area contributed by atoms with Gasteiger partial charge in [-0.3, -0.25) is 0 Å². The third-order valence-corrected chi connectivity index (χ3v) is 4.18. The van der Waals surface area contributed by atoms with E-state index in [4.69, 9.17) is 21.7 Å². The van der Waals surface area contributed by atoms with Crippen LogP contribution >= 0.6 is 12.2 Å². The first-order chi connectivity index (χ1) is 11.7. The largest absolute Gasteiger partial charge is 0.493 e. The van der Waals surface area contributed by atoms with Gasteiger partial charge in [0, 0.05) is 19.6 Å². The highest BCUT2D eigenvalue weighted by Gasteiger charge is 2.11. The Balaban J connectivity index is 1.99. The van der Waals surface area contributed by atoms with Gasteiger partial charge in [-0.25, -0.2) is 0 Å². The molecule has 2 aromatic carbocycles. The molecular weight excluding hydrogens is 320 g/mol. The van der Waals surface area contributed by atoms with Gasteiger partial charge in [-0.05, 0) is 42.4 Å². The Morgan fingerprint density at radius 3 is 2.33 bits per heavy atom. The summed E-state index contributed by atoms with van der Waals surface area (Å²) in [6.45, 7) is 4.37. The van der Waals surface area contributed by atoms with Gasteiger partial charge < -0.3 is 19.7 Å². The predicted octanol–water partition coefficient (Wildman–Crippen LogP) is 3.60. The quantitative estimate of drug-likeness (QED) is 0.776. The Hall–Kier alpha value is -2.27. The van der Waals surface area contributed by atoms with Gasteiger partial charge in [0.2, 0.25) is 0 Å².